The number of para-hydroxylation sites is 2. The molecule has 0 aliphatic rings. The Kier molecular flexibility index (Phi) is 11.0. The number of hydroxylamine groups is 1. The van der Waals surface area contributed by atoms with E-state index in [9.17, 15) is 4.79 Å². The molecule has 0 aromatic heterocycles. The third-order valence-electron chi connectivity index (χ3n) is 1.94. The summed E-state index contributed by atoms with van der Waals surface area (Å²) in [5, 5.41) is 7.42. The van der Waals surface area contributed by atoms with Gasteiger partial charge in [0.1, 0.15) is 5.75 Å². The highest BCUT2D eigenvalue weighted by Gasteiger charge is 1.91. The van der Waals surface area contributed by atoms with Gasteiger partial charge in [0.15, 0.2) is 5.75 Å². The van der Waals surface area contributed by atoms with E-state index in [0.717, 1.165) is 6.92 Å². The first-order valence-corrected chi connectivity index (χ1v) is 6.55. The average Bonchev–Trinajstić information content (AvgIpc) is 2.55. The normalized spacial score (nSPS) is 8.30. The van der Waals surface area contributed by atoms with Gasteiger partial charge in [-0.05, 0) is 24.3 Å². The van der Waals surface area contributed by atoms with E-state index in [2.05, 4.69) is 10.3 Å². The molecular formula is C16H20N2O5. The molecule has 4 N–H and O–H groups in total. The van der Waals surface area contributed by atoms with Crippen LogP contribution in [-0.2, 0) is 9.59 Å². The van der Waals surface area contributed by atoms with E-state index < -0.39 is 5.97 Å². The first-order valence-electron chi connectivity index (χ1n) is 6.55. The monoisotopic (exact) mass is 320 g/mol. The maximum Gasteiger partial charge on any atom is 0.300 e. The number of carbonyl (C=O) groups is 2. The summed E-state index contributed by atoms with van der Waals surface area (Å²) in [6, 6.07) is 18.3. The molecule has 0 bridgehead atoms. The van der Waals surface area contributed by atoms with Crippen LogP contribution in [0.2, 0.25) is 0 Å². The summed E-state index contributed by atoms with van der Waals surface area (Å²) in [4.78, 5) is 28.7. The second kappa shape index (κ2) is 12.7. The maximum absolute atomic E-state index is 10.4. The molecule has 0 atom stereocenters. The Labute approximate surface area is 134 Å². The number of aliphatic carboxylic acids is 1. The van der Waals surface area contributed by atoms with Crippen LogP contribution in [0.1, 0.15) is 13.8 Å². The van der Waals surface area contributed by atoms with E-state index in [1.165, 1.54) is 6.92 Å². The molecule has 124 valence electrons. The Morgan fingerprint density at radius 3 is 1.61 bits per heavy atom. The summed E-state index contributed by atoms with van der Waals surface area (Å²) in [6.45, 7) is 2.48. The van der Waals surface area contributed by atoms with Gasteiger partial charge in [0.05, 0.1) is 0 Å². The van der Waals surface area contributed by atoms with Crippen molar-refractivity contribution in [3.63, 3.8) is 0 Å². The van der Waals surface area contributed by atoms with Gasteiger partial charge in [0.25, 0.3) is 5.97 Å². The second-order valence-corrected chi connectivity index (χ2v) is 4.02. The Balaban J connectivity index is 0.000000354. The number of hydrogen-bond acceptors (Lipinski definition) is 5. The van der Waals surface area contributed by atoms with Gasteiger partial charge in [0.2, 0.25) is 5.91 Å². The van der Waals surface area contributed by atoms with Crippen LogP contribution in [0.5, 0.6) is 11.5 Å². The molecule has 23 heavy (non-hydrogen) atoms. The molecule has 1 amide bonds. The molecule has 0 radical (unpaired) electrons. The van der Waals surface area contributed by atoms with Crippen LogP contribution in [0.15, 0.2) is 60.7 Å². The number of hydrogen-bond donors (Lipinski definition) is 3. The zero-order chi connectivity index (χ0) is 17.5. The maximum atomic E-state index is 10.4. The molecule has 0 aliphatic heterocycles. The predicted molar refractivity (Wildman–Crippen MR) is 85.5 cm³/mol. The van der Waals surface area contributed by atoms with Crippen molar-refractivity contribution >= 4 is 11.9 Å². The van der Waals surface area contributed by atoms with Gasteiger partial charge in [-0.15, -0.1) is 0 Å². The summed E-state index contributed by atoms with van der Waals surface area (Å²) in [7, 11) is 0. The van der Waals surface area contributed by atoms with Crippen molar-refractivity contribution in [1.29, 1.82) is 0 Å². The van der Waals surface area contributed by atoms with E-state index in [-0.39, 0.29) is 5.91 Å². The van der Waals surface area contributed by atoms with Crippen molar-refractivity contribution in [1.82, 2.24) is 5.48 Å². The number of nitrogens with two attached hydrogens (primary N) is 1. The van der Waals surface area contributed by atoms with E-state index in [1.807, 2.05) is 36.4 Å². The number of carboxylic acids is 1. The minimum atomic E-state index is -0.833. The molecule has 2 aromatic carbocycles. The molecular weight excluding hydrogens is 300 g/mol. The zero-order valence-corrected chi connectivity index (χ0v) is 12.9. The number of carbonyl (C=O) groups excluding carboxylic acids is 1. The topological polar surface area (TPSA) is 111 Å². The van der Waals surface area contributed by atoms with Crippen molar-refractivity contribution in [2.75, 3.05) is 0 Å². The fraction of sp³-hybridized carbons (Fsp3) is 0.125. The summed E-state index contributed by atoms with van der Waals surface area (Å²) >= 11 is 0. The van der Waals surface area contributed by atoms with Crippen molar-refractivity contribution in [2.24, 2.45) is 5.90 Å². The van der Waals surface area contributed by atoms with Crippen molar-refractivity contribution in [3.05, 3.63) is 60.7 Å². The van der Waals surface area contributed by atoms with Gasteiger partial charge in [-0.25, -0.2) is 0 Å². The van der Waals surface area contributed by atoms with E-state index in [4.69, 9.17) is 20.6 Å². The first kappa shape index (κ1) is 19.9. The fourth-order valence-electron chi connectivity index (χ4n) is 1.12. The molecule has 7 heteroatoms. The molecule has 0 unspecified atom stereocenters. The largest absolute Gasteiger partial charge is 0.481 e. The lowest BCUT2D eigenvalue weighted by atomic mass is 10.3. The van der Waals surface area contributed by atoms with Crippen molar-refractivity contribution in [3.8, 4) is 11.5 Å². The fourth-order valence-corrected chi connectivity index (χ4v) is 1.12. The Morgan fingerprint density at radius 2 is 1.30 bits per heavy atom. The number of nitrogens with one attached hydrogen (secondary N) is 1. The number of amides is 1. The van der Waals surface area contributed by atoms with E-state index in [1.54, 1.807) is 24.3 Å². The Morgan fingerprint density at radius 1 is 0.913 bits per heavy atom. The molecule has 0 saturated carbocycles. The average molecular weight is 320 g/mol. The molecule has 0 fully saturated rings. The summed E-state index contributed by atoms with van der Waals surface area (Å²) < 4.78 is 0. The summed E-state index contributed by atoms with van der Waals surface area (Å²) in [6.07, 6.45) is 0. The minimum absolute atomic E-state index is 0.214. The third kappa shape index (κ3) is 13.7. The highest BCUT2D eigenvalue weighted by molar-refractivity contribution is 5.71. The van der Waals surface area contributed by atoms with Crippen LogP contribution in [-0.4, -0.2) is 17.0 Å². The lowest BCUT2D eigenvalue weighted by Gasteiger charge is -2.02. The molecule has 0 spiro atoms. The SMILES string of the molecule is CC(=O)NOc1ccccc1.CC(=O)O.NOc1ccccc1. The second-order valence-electron chi connectivity index (χ2n) is 4.02. The van der Waals surface area contributed by atoms with Crippen LogP contribution in [0.3, 0.4) is 0 Å². The molecule has 2 rings (SSSR count). The summed E-state index contributed by atoms with van der Waals surface area (Å²) in [5.41, 5.74) is 2.22. The van der Waals surface area contributed by atoms with E-state index >= 15 is 0 Å². The lowest BCUT2D eigenvalue weighted by molar-refractivity contribution is -0.134. The highest BCUT2D eigenvalue weighted by Crippen LogP contribution is 2.06. The van der Waals surface area contributed by atoms with Crippen LogP contribution >= 0.6 is 0 Å². The predicted octanol–water partition coefficient (Wildman–Crippen LogP) is 2.15. The molecule has 0 saturated heterocycles. The van der Waals surface area contributed by atoms with Crippen molar-refractivity contribution < 1.29 is 24.4 Å². The van der Waals surface area contributed by atoms with Gasteiger partial charge in [-0.2, -0.15) is 11.4 Å². The Bertz CT molecular complexity index is 557. The molecule has 7 nitrogen and oxygen atoms in total. The molecule has 0 aliphatic carbocycles. The number of benzene rings is 2. The van der Waals surface area contributed by atoms with E-state index in [0.29, 0.717) is 11.5 Å². The molecule has 0 heterocycles. The quantitative estimate of drug-likeness (QED) is 0.747. The highest BCUT2D eigenvalue weighted by atomic mass is 16.7. The van der Waals surface area contributed by atoms with Crippen LogP contribution in [0, 0.1) is 0 Å². The van der Waals surface area contributed by atoms with Crippen molar-refractivity contribution in [2.45, 2.75) is 13.8 Å². The van der Waals surface area contributed by atoms with Gasteiger partial charge in [-0.1, -0.05) is 36.4 Å². The number of rotatable bonds is 3. The van der Waals surface area contributed by atoms with Crippen LogP contribution in [0.25, 0.3) is 0 Å². The molecule has 2 aromatic rings. The third-order valence-corrected chi connectivity index (χ3v) is 1.94. The van der Waals surface area contributed by atoms with Gasteiger partial charge in [-0.3, -0.25) is 9.59 Å². The van der Waals surface area contributed by atoms with Gasteiger partial charge in [0, 0.05) is 13.8 Å². The van der Waals surface area contributed by atoms with Gasteiger partial charge < -0.3 is 14.8 Å². The number of carboxylic acid groups (broad SMARTS) is 1. The van der Waals surface area contributed by atoms with Crippen LogP contribution < -0.4 is 21.1 Å². The lowest BCUT2D eigenvalue weighted by Crippen LogP contribution is -2.23. The summed E-state index contributed by atoms with van der Waals surface area (Å²) in [5.74, 6) is 5.12. The first-order chi connectivity index (χ1) is 11.0. The standard InChI is InChI=1S/C8H9NO2.C6H7NO.C2H4O2/c1-7(10)9-11-8-5-3-2-4-6-8;7-8-6-4-2-1-3-5-6;1-2(3)4/h2-6H,1H3,(H,9,10);1-5H,7H2;1H3,(H,3,4). The smallest absolute Gasteiger partial charge is 0.300 e. The Hall–Kier alpha value is -3.06. The zero-order valence-electron chi connectivity index (χ0n) is 12.9. The van der Waals surface area contributed by atoms with Gasteiger partial charge >= 0.3 is 0 Å². The minimum Gasteiger partial charge on any atom is -0.481 e. The van der Waals surface area contributed by atoms with Crippen LogP contribution in [0.4, 0.5) is 0 Å².